The summed E-state index contributed by atoms with van der Waals surface area (Å²) in [6.45, 7) is 10.7. The van der Waals surface area contributed by atoms with Crippen molar-refractivity contribution in [2.75, 3.05) is 42.9 Å². The van der Waals surface area contributed by atoms with Gasteiger partial charge in [0.1, 0.15) is 0 Å². The van der Waals surface area contributed by atoms with Gasteiger partial charge in [-0.15, -0.1) is 0 Å². The van der Waals surface area contributed by atoms with Gasteiger partial charge in [0.15, 0.2) is 17.0 Å². The molecule has 1 amide bonds. The summed E-state index contributed by atoms with van der Waals surface area (Å²) >= 11 is 0. The lowest BCUT2D eigenvalue weighted by molar-refractivity contribution is 0.0746. The van der Waals surface area contributed by atoms with E-state index in [4.69, 9.17) is 15.0 Å². The maximum absolute atomic E-state index is 13.1. The summed E-state index contributed by atoms with van der Waals surface area (Å²) in [5, 5.41) is 3.64. The van der Waals surface area contributed by atoms with Gasteiger partial charge in [-0.1, -0.05) is 81.1 Å². The number of hydrogen-bond donors (Lipinski definition) is 1. The lowest BCUT2D eigenvalue weighted by atomic mass is 9.99. The summed E-state index contributed by atoms with van der Waals surface area (Å²) in [6.07, 6.45) is 6.66. The molecule has 8 heteroatoms. The van der Waals surface area contributed by atoms with Crippen molar-refractivity contribution in [2.24, 2.45) is 5.92 Å². The number of anilines is 2. The number of fused-ring (bicyclic) bond motifs is 1. The minimum Gasteiger partial charge on any atom is -0.368 e. The number of carbonyl (C=O) groups excluding carboxylic acids is 1. The van der Waals surface area contributed by atoms with Gasteiger partial charge in [0.05, 0.1) is 12.9 Å². The third kappa shape index (κ3) is 6.43. The second kappa shape index (κ2) is 12.9. The number of unbranched alkanes of at least 4 members (excludes halogenated alkanes) is 1. The fraction of sp³-hybridized carbons (Fsp3) is 0.438. The number of aryl methyl sites for hydroxylation is 1. The van der Waals surface area contributed by atoms with E-state index in [1.807, 2.05) is 48.5 Å². The van der Waals surface area contributed by atoms with Crippen molar-refractivity contribution in [3.8, 4) is 0 Å². The van der Waals surface area contributed by atoms with Crippen LogP contribution in [0.25, 0.3) is 11.2 Å². The van der Waals surface area contributed by atoms with Crippen LogP contribution in [0.15, 0.2) is 60.9 Å². The van der Waals surface area contributed by atoms with Crippen LogP contribution in [-0.4, -0.2) is 63.0 Å². The minimum absolute atomic E-state index is 0.0806. The highest BCUT2D eigenvalue weighted by atomic mass is 16.2. The van der Waals surface area contributed by atoms with Crippen molar-refractivity contribution in [1.82, 2.24) is 24.4 Å². The third-order valence-corrected chi connectivity index (χ3v) is 7.90. The van der Waals surface area contributed by atoms with Gasteiger partial charge in [-0.3, -0.25) is 4.79 Å². The largest absolute Gasteiger partial charge is 0.368 e. The summed E-state index contributed by atoms with van der Waals surface area (Å²) in [5.74, 6) is 2.15. The molecule has 1 aliphatic heterocycles. The molecule has 1 aliphatic rings. The Morgan fingerprint density at radius 2 is 1.73 bits per heavy atom. The lowest BCUT2D eigenvalue weighted by Crippen LogP contribution is -2.49. The first-order valence-corrected chi connectivity index (χ1v) is 14.7. The van der Waals surface area contributed by atoms with Crippen molar-refractivity contribution < 1.29 is 4.79 Å². The van der Waals surface area contributed by atoms with Crippen molar-refractivity contribution in [2.45, 2.75) is 53.0 Å². The molecule has 0 spiro atoms. The molecule has 5 rings (SSSR count). The number of nitrogens with zero attached hydrogens (tertiary/aromatic N) is 6. The molecule has 3 heterocycles. The smallest absolute Gasteiger partial charge is 0.253 e. The molecular formula is C32H41N7O. The first kappa shape index (κ1) is 27.6. The number of amides is 1. The third-order valence-electron chi connectivity index (χ3n) is 7.90. The molecule has 8 nitrogen and oxygen atoms in total. The molecule has 1 unspecified atom stereocenters. The van der Waals surface area contributed by atoms with Crippen molar-refractivity contribution in [1.29, 1.82) is 0 Å². The van der Waals surface area contributed by atoms with E-state index in [1.54, 1.807) is 0 Å². The number of aromatic nitrogens is 4. The highest BCUT2D eigenvalue weighted by Gasteiger charge is 2.25. The van der Waals surface area contributed by atoms with E-state index in [9.17, 15) is 4.79 Å². The molecule has 4 aromatic rings. The Morgan fingerprint density at radius 1 is 0.975 bits per heavy atom. The molecular weight excluding hydrogens is 498 g/mol. The van der Waals surface area contributed by atoms with Crippen LogP contribution in [-0.2, 0) is 6.54 Å². The van der Waals surface area contributed by atoms with Crippen molar-refractivity contribution >= 4 is 28.8 Å². The molecule has 2 aromatic carbocycles. The monoisotopic (exact) mass is 539 g/mol. The van der Waals surface area contributed by atoms with E-state index in [2.05, 4.69) is 52.9 Å². The van der Waals surface area contributed by atoms with Crippen LogP contribution in [0.5, 0.6) is 0 Å². The van der Waals surface area contributed by atoms with E-state index in [0.29, 0.717) is 44.6 Å². The fourth-order valence-electron chi connectivity index (χ4n) is 5.27. The zero-order chi connectivity index (χ0) is 27.9. The van der Waals surface area contributed by atoms with Crippen LogP contribution in [0.4, 0.5) is 11.8 Å². The molecule has 0 aliphatic carbocycles. The number of piperazine rings is 1. The van der Waals surface area contributed by atoms with Gasteiger partial charge in [-0.25, -0.2) is 4.98 Å². The van der Waals surface area contributed by atoms with E-state index in [0.717, 1.165) is 41.1 Å². The molecule has 40 heavy (non-hydrogen) atoms. The summed E-state index contributed by atoms with van der Waals surface area (Å²) < 4.78 is 2.10. The maximum atomic E-state index is 13.1. The van der Waals surface area contributed by atoms with E-state index in [1.165, 1.54) is 24.8 Å². The van der Waals surface area contributed by atoms with Crippen molar-refractivity contribution in [3.63, 3.8) is 0 Å². The van der Waals surface area contributed by atoms with Gasteiger partial charge in [0.2, 0.25) is 5.95 Å². The quantitative estimate of drug-likeness (QED) is 0.261. The second-order valence-corrected chi connectivity index (χ2v) is 10.8. The molecule has 0 saturated carbocycles. The summed E-state index contributed by atoms with van der Waals surface area (Å²) in [4.78, 5) is 32.0. The maximum Gasteiger partial charge on any atom is 0.253 e. The van der Waals surface area contributed by atoms with Gasteiger partial charge < -0.3 is 19.7 Å². The van der Waals surface area contributed by atoms with Gasteiger partial charge in [0, 0.05) is 38.3 Å². The molecule has 1 saturated heterocycles. The lowest BCUT2D eigenvalue weighted by Gasteiger charge is -2.35. The summed E-state index contributed by atoms with van der Waals surface area (Å²) in [5.41, 5.74) is 4.72. The van der Waals surface area contributed by atoms with Crippen LogP contribution in [0.3, 0.4) is 0 Å². The Bertz CT molecular complexity index is 1390. The predicted octanol–water partition coefficient (Wildman–Crippen LogP) is 5.77. The first-order chi connectivity index (χ1) is 19.6. The number of carbonyl (C=O) groups is 1. The molecule has 0 radical (unpaired) electrons. The molecule has 2 aromatic heterocycles. The van der Waals surface area contributed by atoms with Crippen LogP contribution in [0.2, 0.25) is 0 Å². The van der Waals surface area contributed by atoms with Crippen LogP contribution in [0.1, 0.15) is 61.0 Å². The highest BCUT2D eigenvalue weighted by Crippen LogP contribution is 2.25. The Hall–Kier alpha value is -3.94. The molecule has 1 fully saturated rings. The van der Waals surface area contributed by atoms with E-state index in [-0.39, 0.29) is 5.91 Å². The molecule has 1 atom stereocenters. The minimum atomic E-state index is 0.0806. The zero-order valence-electron chi connectivity index (χ0n) is 24.0. The molecule has 210 valence electrons. The van der Waals surface area contributed by atoms with Gasteiger partial charge in [-0.05, 0) is 37.0 Å². The zero-order valence-corrected chi connectivity index (χ0v) is 24.0. The summed E-state index contributed by atoms with van der Waals surface area (Å²) in [6, 6.07) is 18.2. The van der Waals surface area contributed by atoms with Crippen molar-refractivity contribution in [3.05, 3.63) is 77.6 Å². The average molecular weight is 540 g/mol. The Balaban J connectivity index is 1.37. The first-order valence-electron chi connectivity index (χ1n) is 14.7. The normalized spacial score (nSPS) is 14.5. The summed E-state index contributed by atoms with van der Waals surface area (Å²) in [7, 11) is 0. The second-order valence-electron chi connectivity index (χ2n) is 10.8. The predicted molar refractivity (Wildman–Crippen MR) is 162 cm³/mol. The fourth-order valence-corrected chi connectivity index (χ4v) is 5.27. The van der Waals surface area contributed by atoms with Gasteiger partial charge in [0.25, 0.3) is 5.91 Å². The highest BCUT2D eigenvalue weighted by molar-refractivity contribution is 5.94. The number of hydrogen-bond acceptors (Lipinski definition) is 6. The van der Waals surface area contributed by atoms with E-state index < -0.39 is 0 Å². The number of benzene rings is 2. The number of rotatable bonds is 11. The number of nitrogens with one attached hydrogen (secondary N) is 1. The van der Waals surface area contributed by atoms with Gasteiger partial charge in [-0.2, -0.15) is 9.97 Å². The Kier molecular flexibility index (Phi) is 8.94. The van der Waals surface area contributed by atoms with Crippen LogP contribution >= 0.6 is 0 Å². The topological polar surface area (TPSA) is 79.2 Å². The average Bonchev–Trinajstić information content (AvgIpc) is 3.40. The standard InChI is InChI=1S/C32H41N7O/c1-4-6-10-25(5-2)21-33-29-28-30(39(23-34-28)22-26-11-8-7-9-12-26)36-32(35-29)38-19-17-37(18-20-38)31(40)27-15-13-24(3)14-16-27/h7-9,11-16,23,25H,4-6,10,17-22H2,1-3H3,(H,33,35,36). The Labute approximate surface area is 237 Å². The Morgan fingerprint density at radius 3 is 2.42 bits per heavy atom. The molecule has 0 bridgehead atoms. The van der Waals surface area contributed by atoms with Crippen LogP contribution in [0, 0.1) is 12.8 Å². The SMILES string of the molecule is CCCCC(CC)CNc1nc(N2CCN(C(=O)c3ccc(C)cc3)CC2)nc2c1ncn2Cc1ccccc1. The molecule has 1 N–H and O–H groups in total. The van der Waals surface area contributed by atoms with E-state index >= 15 is 0 Å². The van der Waals surface area contributed by atoms with Crippen LogP contribution < -0.4 is 10.2 Å². The van der Waals surface area contributed by atoms with Gasteiger partial charge >= 0.3 is 0 Å². The number of imidazole rings is 1.